The van der Waals surface area contributed by atoms with Gasteiger partial charge >= 0.3 is 0 Å². The van der Waals surface area contributed by atoms with Crippen molar-refractivity contribution in [2.45, 2.75) is 51.0 Å². The number of hydrogen-bond donors (Lipinski definition) is 2. The summed E-state index contributed by atoms with van der Waals surface area (Å²) in [5.74, 6) is 0.302. The van der Waals surface area contributed by atoms with Crippen molar-refractivity contribution in [1.29, 1.82) is 0 Å². The van der Waals surface area contributed by atoms with Crippen LogP contribution < -0.4 is 11.1 Å². The molecule has 1 fully saturated rings. The SMILES string of the molecule is NC(CC1CCCCC1)C(=O)NCCc1ccc(F)cc1. The van der Waals surface area contributed by atoms with Gasteiger partial charge in [0.05, 0.1) is 6.04 Å². The Kier molecular flexibility index (Phi) is 6.18. The molecule has 1 aromatic rings. The molecule has 3 N–H and O–H groups in total. The first-order chi connectivity index (χ1) is 10.1. The Bertz CT molecular complexity index is 441. The van der Waals surface area contributed by atoms with E-state index in [-0.39, 0.29) is 11.7 Å². The van der Waals surface area contributed by atoms with Crippen molar-refractivity contribution < 1.29 is 9.18 Å². The van der Waals surface area contributed by atoms with E-state index in [9.17, 15) is 9.18 Å². The van der Waals surface area contributed by atoms with Crippen LogP contribution in [0, 0.1) is 11.7 Å². The predicted molar refractivity (Wildman–Crippen MR) is 82.3 cm³/mol. The lowest BCUT2D eigenvalue weighted by atomic mass is 9.85. The van der Waals surface area contributed by atoms with E-state index in [2.05, 4.69) is 5.32 Å². The second-order valence-corrected chi connectivity index (χ2v) is 6.01. The van der Waals surface area contributed by atoms with Crippen molar-refractivity contribution in [3.8, 4) is 0 Å². The quantitative estimate of drug-likeness (QED) is 0.847. The van der Waals surface area contributed by atoms with Crippen LogP contribution in [0.3, 0.4) is 0 Å². The van der Waals surface area contributed by atoms with E-state index >= 15 is 0 Å². The Morgan fingerprint density at radius 1 is 1.24 bits per heavy atom. The van der Waals surface area contributed by atoms with E-state index in [1.807, 2.05) is 0 Å². The van der Waals surface area contributed by atoms with Gasteiger partial charge in [0.25, 0.3) is 0 Å². The van der Waals surface area contributed by atoms with E-state index in [1.54, 1.807) is 12.1 Å². The summed E-state index contributed by atoms with van der Waals surface area (Å²) in [6, 6.07) is 5.95. The third-order valence-corrected chi connectivity index (χ3v) is 4.27. The lowest BCUT2D eigenvalue weighted by Crippen LogP contribution is -2.42. The molecule has 4 heteroatoms. The largest absolute Gasteiger partial charge is 0.354 e. The van der Waals surface area contributed by atoms with Gasteiger partial charge in [-0.3, -0.25) is 4.79 Å². The van der Waals surface area contributed by atoms with Crippen LogP contribution in [0.15, 0.2) is 24.3 Å². The molecule has 0 aromatic heterocycles. The van der Waals surface area contributed by atoms with Crippen molar-refractivity contribution in [2.75, 3.05) is 6.54 Å². The van der Waals surface area contributed by atoms with Gasteiger partial charge in [-0.05, 0) is 36.5 Å². The summed E-state index contributed by atoms with van der Waals surface area (Å²) in [6.07, 6.45) is 7.75. The molecular weight excluding hydrogens is 267 g/mol. The van der Waals surface area contributed by atoms with Gasteiger partial charge in [0.2, 0.25) is 5.91 Å². The molecule has 0 bridgehead atoms. The summed E-state index contributed by atoms with van der Waals surface area (Å²) in [5, 5.41) is 2.88. The zero-order chi connectivity index (χ0) is 15.1. The highest BCUT2D eigenvalue weighted by molar-refractivity contribution is 5.81. The Hall–Kier alpha value is -1.42. The molecule has 0 radical (unpaired) electrons. The first-order valence-electron chi connectivity index (χ1n) is 7.93. The van der Waals surface area contributed by atoms with Crippen LogP contribution in [0.5, 0.6) is 0 Å². The molecule has 1 aliphatic rings. The van der Waals surface area contributed by atoms with Gasteiger partial charge in [0.15, 0.2) is 0 Å². The van der Waals surface area contributed by atoms with Crippen molar-refractivity contribution in [3.05, 3.63) is 35.6 Å². The van der Waals surface area contributed by atoms with Crippen molar-refractivity contribution in [2.24, 2.45) is 11.7 Å². The lowest BCUT2D eigenvalue weighted by molar-refractivity contribution is -0.122. The fourth-order valence-electron chi connectivity index (χ4n) is 3.00. The maximum absolute atomic E-state index is 12.8. The first-order valence-corrected chi connectivity index (χ1v) is 7.93. The number of nitrogens with two attached hydrogens (primary N) is 1. The Balaban J connectivity index is 1.67. The maximum Gasteiger partial charge on any atom is 0.236 e. The van der Waals surface area contributed by atoms with Gasteiger partial charge in [-0.15, -0.1) is 0 Å². The summed E-state index contributed by atoms with van der Waals surface area (Å²) in [5.41, 5.74) is 7.00. The molecule has 2 rings (SSSR count). The molecule has 3 nitrogen and oxygen atoms in total. The number of nitrogens with one attached hydrogen (secondary N) is 1. The molecule has 1 saturated carbocycles. The maximum atomic E-state index is 12.8. The van der Waals surface area contributed by atoms with Crippen LogP contribution in [0.25, 0.3) is 0 Å². The minimum Gasteiger partial charge on any atom is -0.354 e. The number of carbonyl (C=O) groups is 1. The molecule has 1 unspecified atom stereocenters. The summed E-state index contributed by atoms with van der Waals surface area (Å²) >= 11 is 0. The highest BCUT2D eigenvalue weighted by Gasteiger charge is 2.20. The second kappa shape index (κ2) is 8.13. The van der Waals surface area contributed by atoms with E-state index in [0.29, 0.717) is 18.9 Å². The zero-order valence-corrected chi connectivity index (χ0v) is 12.5. The minimum absolute atomic E-state index is 0.0670. The van der Waals surface area contributed by atoms with Crippen molar-refractivity contribution in [1.82, 2.24) is 5.32 Å². The number of rotatable bonds is 6. The molecule has 1 aliphatic carbocycles. The van der Waals surface area contributed by atoms with Gasteiger partial charge in [0, 0.05) is 6.54 Å². The standard InChI is InChI=1S/C17H25FN2O/c18-15-8-6-13(7-9-15)10-11-20-17(21)16(19)12-14-4-2-1-3-5-14/h6-9,14,16H,1-5,10-12,19H2,(H,20,21). The zero-order valence-electron chi connectivity index (χ0n) is 12.5. The second-order valence-electron chi connectivity index (χ2n) is 6.01. The number of benzene rings is 1. The predicted octanol–water partition coefficient (Wildman–Crippen LogP) is 2.78. The summed E-state index contributed by atoms with van der Waals surface area (Å²) < 4.78 is 12.8. The topological polar surface area (TPSA) is 55.1 Å². The molecule has 0 aliphatic heterocycles. The monoisotopic (exact) mass is 292 g/mol. The minimum atomic E-state index is -0.402. The molecule has 0 saturated heterocycles. The number of carbonyl (C=O) groups excluding carboxylic acids is 1. The number of halogens is 1. The third kappa shape index (κ3) is 5.46. The van der Waals surface area contributed by atoms with Crippen LogP contribution in [-0.2, 0) is 11.2 Å². The van der Waals surface area contributed by atoms with Crippen LogP contribution in [0.1, 0.15) is 44.1 Å². The lowest BCUT2D eigenvalue weighted by Gasteiger charge is -2.24. The summed E-state index contributed by atoms with van der Waals surface area (Å²) in [7, 11) is 0. The van der Waals surface area contributed by atoms with Crippen molar-refractivity contribution in [3.63, 3.8) is 0 Å². The van der Waals surface area contributed by atoms with Gasteiger partial charge in [0.1, 0.15) is 5.82 Å². The van der Waals surface area contributed by atoms with Crippen LogP contribution in [0.4, 0.5) is 4.39 Å². The van der Waals surface area contributed by atoms with Crippen LogP contribution >= 0.6 is 0 Å². The average molecular weight is 292 g/mol. The number of hydrogen-bond acceptors (Lipinski definition) is 2. The normalized spacial score (nSPS) is 17.4. The summed E-state index contributed by atoms with van der Waals surface area (Å²) in [4.78, 5) is 12.0. The molecule has 1 atom stereocenters. The van der Waals surface area contributed by atoms with Crippen LogP contribution in [0.2, 0.25) is 0 Å². The van der Waals surface area contributed by atoms with Gasteiger partial charge in [-0.25, -0.2) is 4.39 Å². The molecule has 116 valence electrons. The molecule has 0 spiro atoms. The van der Waals surface area contributed by atoms with Gasteiger partial charge in [-0.1, -0.05) is 44.2 Å². The Labute approximate surface area is 126 Å². The summed E-state index contributed by atoms with van der Waals surface area (Å²) in [6.45, 7) is 0.544. The van der Waals surface area contributed by atoms with Gasteiger partial charge in [-0.2, -0.15) is 0 Å². The molecule has 0 heterocycles. The van der Waals surface area contributed by atoms with Crippen molar-refractivity contribution >= 4 is 5.91 Å². The Morgan fingerprint density at radius 3 is 2.57 bits per heavy atom. The highest BCUT2D eigenvalue weighted by atomic mass is 19.1. The Morgan fingerprint density at radius 2 is 1.90 bits per heavy atom. The van der Waals surface area contributed by atoms with E-state index in [4.69, 9.17) is 5.73 Å². The van der Waals surface area contributed by atoms with E-state index < -0.39 is 6.04 Å². The first kappa shape index (κ1) is 16.0. The van der Waals surface area contributed by atoms with E-state index in [0.717, 1.165) is 12.0 Å². The fourth-order valence-corrected chi connectivity index (χ4v) is 3.00. The molecule has 1 amide bonds. The molecular formula is C17H25FN2O. The van der Waals surface area contributed by atoms with Crippen LogP contribution in [-0.4, -0.2) is 18.5 Å². The fraction of sp³-hybridized carbons (Fsp3) is 0.588. The van der Waals surface area contributed by atoms with E-state index in [1.165, 1.54) is 44.2 Å². The highest BCUT2D eigenvalue weighted by Crippen LogP contribution is 2.26. The smallest absolute Gasteiger partial charge is 0.236 e. The number of amides is 1. The molecule has 21 heavy (non-hydrogen) atoms. The van der Waals surface area contributed by atoms with Gasteiger partial charge < -0.3 is 11.1 Å². The third-order valence-electron chi connectivity index (χ3n) is 4.27. The molecule has 1 aromatic carbocycles. The average Bonchev–Trinajstić information content (AvgIpc) is 2.50.